The molecular weight excluding hydrogens is 422 g/mol. The first kappa shape index (κ1) is 21.1. The summed E-state index contributed by atoms with van der Waals surface area (Å²) in [6.07, 6.45) is 2.59. The van der Waals surface area contributed by atoms with Crippen molar-refractivity contribution in [3.63, 3.8) is 0 Å². The van der Waals surface area contributed by atoms with E-state index in [1.165, 1.54) is 18.3 Å². The van der Waals surface area contributed by atoms with Gasteiger partial charge in [0.25, 0.3) is 0 Å². The van der Waals surface area contributed by atoms with Crippen molar-refractivity contribution >= 4 is 22.0 Å². The number of rotatable bonds is 6. The Labute approximate surface area is 165 Å². The van der Waals surface area contributed by atoms with E-state index < -0.39 is 29.4 Å². The number of benzene rings is 1. The average molecular weight is 443 g/mol. The van der Waals surface area contributed by atoms with E-state index in [2.05, 4.69) is 26.2 Å². The van der Waals surface area contributed by atoms with E-state index in [0.29, 0.717) is 5.75 Å². The zero-order chi connectivity index (χ0) is 20.0. The number of aromatic nitrogens is 1. The second-order valence-electron chi connectivity index (χ2n) is 6.93. The number of pyridine rings is 1. The molecule has 0 aliphatic heterocycles. The molecule has 146 valence electrons. The summed E-state index contributed by atoms with van der Waals surface area (Å²) in [5.41, 5.74) is -0.418. The van der Waals surface area contributed by atoms with Crippen molar-refractivity contribution in [2.75, 3.05) is 6.61 Å². The molecule has 2 rings (SSSR count). The van der Waals surface area contributed by atoms with E-state index in [-0.39, 0.29) is 18.6 Å². The summed E-state index contributed by atoms with van der Waals surface area (Å²) >= 11 is 3.30. The Morgan fingerprint density at radius 2 is 2.00 bits per heavy atom. The van der Waals surface area contributed by atoms with Crippen LogP contribution in [-0.4, -0.2) is 29.3 Å². The molecule has 0 aliphatic rings. The Morgan fingerprint density at radius 1 is 1.26 bits per heavy atom. The molecule has 1 heterocycles. The van der Waals surface area contributed by atoms with Crippen LogP contribution in [0, 0.1) is 11.6 Å². The number of hydrogen-bond acceptors (Lipinski definition) is 4. The monoisotopic (exact) mass is 442 g/mol. The number of ether oxygens (including phenoxy) is 2. The number of nitrogens with one attached hydrogen (secondary N) is 1. The molecule has 0 fully saturated rings. The Hall–Kier alpha value is -2.22. The number of halogens is 3. The number of nitrogens with zero attached hydrogens (tertiary/aromatic N) is 1. The molecule has 1 aromatic heterocycles. The molecule has 27 heavy (non-hydrogen) atoms. The quantitative estimate of drug-likeness (QED) is 0.707. The number of amides is 1. The molecule has 5 nitrogen and oxygen atoms in total. The minimum Gasteiger partial charge on any atom is -0.490 e. The highest BCUT2D eigenvalue weighted by molar-refractivity contribution is 9.10. The molecule has 0 aliphatic carbocycles. The molecule has 0 saturated carbocycles. The van der Waals surface area contributed by atoms with Crippen LogP contribution in [0.15, 0.2) is 41.1 Å². The van der Waals surface area contributed by atoms with Gasteiger partial charge in [-0.1, -0.05) is 6.07 Å². The summed E-state index contributed by atoms with van der Waals surface area (Å²) in [5, 5.41) is 2.67. The third kappa shape index (κ3) is 7.50. The van der Waals surface area contributed by atoms with Gasteiger partial charge in [0.15, 0.2) is 0 Å². The van der Waals surface area contributed by atoms with E-state index in [1.807, 2.05) is 0 Å². The fourth-order valence-corrected chi connectivity index (χ4v) is 2.59. The normalized spacial score (nSPS) is 12.4. The molecule has 1 atom stereocenters. The van der Waals surface area contributed by atoms with Gasteiger partial charge in [-0.15, -0.1) is 0 Å². The van der Waals surface area contributed by atoms with Crippen LogP contribution in [0.2, 0.25) is 0 Å². The fraction of sp³-hybridized carbons (Fsp3) is 0.368. The van der Waals surface area contributed by atoms with Crippen molar-refractivity contribution in [3.8, 4) is 5.75 Å². The summed E-state index contributed by atoms with van der Waals surface area (Å²) in [4.78, 5) is 16.1. The summed E-state index contributed by atoms with van der Waals surface area (Å²) in [6.45, 7) is 5.27. The molecule has 1 aromatic carbocycles. The Morgan fingerprint density at radius 3 is 2.63 bits per heavy atom. The van der Waals surface area contributed by atoms with Crippen LogP contribution < -0.4 is 10.1 Å². The van der Waals surface area contributed by atoms with Gasteiger partial charge in [-0.05, 0) is 60.8 Å². The molecule has 0 radical (unpaired) electrons. The molecule has 0 unspecified atom stereocenters. The lowest BCUT2D eigenvalue weighted by molar-refractivity contribution is 0.0487. The first-order valence-electron chi connectivity index (χ1n) is 8.29. The molecule has 1 amide bonds. The van der Waals surface area contributed by atoms with Crippen molar-refractivity contribution in [2.24, 2.45) is 0 Å². The lowest BCUT2D eigenvalue weighted by Gasteiger charge is -2.24. The lowest BCUT2D eigenvalue weighted by Crippen LogP contribution is -2.43. The lowest BCUT2D eigenvalue weighted by atomic mass is 10.1. The zero-order valence-corrected chi connectivity index (χ0v) is 16.8. The van der Waals surface area contributed by atoms with Crippen LogP contribution in [0.5, 0.6) is 5.75 Å². The van der Waals surface area contributed by atoms with Gasteiger partial charge in [0.1, 0.15) is 29.6 Å². The molecular formula is C19H21BrF2N2O3. The molecule has 0 bridgehead atoms. The second kappa shape index (κ2) is 9.12. The third-order valence-electron chi connectivity index (χ3n) is 3.33. The highest BCUT2D eigenvalue weighted by Gasteiger charge is 2.21. The number of hydrogen-bond donors (Lipinski definition) is 1. The SMILES string of the molecule is CC(C)(C)OC(=O)N[C@H](COc1cncc(Br)c1)Cc1ccc(F)cc1F. The van der Waals surface area contributed by atoms with Gasteiger partial charge in [-0.2, -0.15) is 0 Å². The highest BCUT2D eigenvalue weighted by Crippen LogP contribution is 2.17. The minimum absolute atomic E-state index is 0.0498. The Balaban J connectivity index is 2.10. The Kier molecular flexibility index (Phi) is 7.12. The first-order chi connectivity index (χ1) is 12.6. The largest absolute Gasteiger partial charge is 0.490 e. The smallest absolute Gasteiger partial charge is 0.408 e. The Bertz CT molecular complexity index is 797. The first-order valence-corrected chi connectivity index (χ1v) is 9.08. The van der Waals surface area contributed by atoms with Crippen molar-refractivity contribution in [3.05, 3.63) is 58.3 Å². The molecule has 0 saturated heterocycles. The van der Waals surface area contributed by atoms with Crippen LogP contribution in [0.1, 0.15) is 26.3 Å². The van der Waals surface area contributed by atoms with Crippen LogP contribution in [0.4, 0.5) is 13.6 Å². The number of carbonyl (C=O) groups is 1. The van der Waals surface area contributed by atoms with Crippen molar-refractivity contribution in [1.82, 2.24) is 10.3 Å². The topological polar surface area (TPSA) is 60.5 Å². The molecule has 8 heteroatoms. The fourth-order valence-electron chi connectivity index (χ4n) is 2.25. The van der Waals surface area contributed by atoms with E-state index in [4.69, 9.17) is 9.47 Å². The van der Waals surface area contributed by atoms with Gasteiger partial charge >= 0.3 is 6.09 Å². The standard InChI is InChI=1S/C19H21BrF2N2O3/c1-19(2,3)27-18(25)24-15(6-12-4-5-14(21)8-17(12)22)11-26-16-7-13(20)9-23-10-16/h4-5,7-10,15H,6,11H2,1-3H3,(H,24,25)/t15-/m0/s1. The van der Waals surface area contributed by atoms with Crippen molar-refractivity contribution in [1.29, 1.82) is 0 Å². The van der Waals surface area contributed by atoms with Gasteiger partial charge in [0.2, 0.25) is 0 Å². The predicted molar refractivity (Wildman–Crippen MR) is 101 cm³/mol. The van der Waals surface area contributed by atoms with Crippen molar-refractivity contribution in [2.45, 2.75) is 38.8 Å². The summed E-state index contributed by atoms with van der Waals surface area (Å²) < 4.78 is 38.8. The van der Waals surface area contributed by atoms with E-state index in [1.54, 1.807) is 33.0 Å². The second-order valence-corrected chi connectivity index (χ2v) is 7.85. The maximum absolute atomic E-state index is 14.0. The molecule has 2 aromatic rings. The maximum atomic E-state index is 14.0. The molecule has 0 spiro atoms. The molecule has 1 N–H and O–H groups in total. The number of alkyl carbamates (subject to hydrolysis) is 1. The number of carbonyl (C=O) groups excluding carboxylic acids is 1. The highest BCUT2D eigenvalue weighted by atomic mass is 79.9. The maximum Gasteiger partial charge on any atom is 0.408 e. The van der Waals surface area contributed by atoms with E-state index in [9.17, 15) is 13.6 Å². The average Bonchev–Trinajstić information content (AvgIpc) is 2.53. The zero-order valence-electron chi connectivity index (χ0n) is 15.3. The van der Waals surface area contributed by atoms with E-state index in [0.717, 1.165) is 10.5 Å². The predicted octanol–water partition coefficient (Wildman–Crippen LogP) is 4.64. The summed E-state index contributed by atoms with van der Waals surface area (Å²) in [7, 11) is 0. The van der Waals surface area contributed by atoms with Crippen LogP contribution >= 0.6 is 15.9 Å². The van der Waals surface area contributed by atoms with Gasteiger partial charge in [0, 0.05) is 16.7 Å². The third-order valence-corrected chi connectivity index (χ3v) is 3.77. The van der Waals surface area contributed by atoms with Crippen molar-refractivity contribution < 1.29 is 23.0 Å². The summed E-state index contributed by atoms with van der Waals surface area (Å²) in [6, 6.07) is 4.44. The van der Waals surface area contributed by atoms with Gasteiger partial charge in [-0.3, -0.25) is 4.98 Å². The van der Waals surface area contributed by atoms with E-state index >= 15 is 0 Å². The van der Waals surface area contributed by atoms with Gasteiger partial charge in [-0.25, -0.2) is 13.6 Å². The van der Waals surface area contributed by atoms with Gasteiger partial charge in [0.05, 0.1) is 12.2 Å². The van der Waals surface area contributed by atoms with Gasteiger partial charge < -0.3 is 14.8 Å². The van der Waals surface area contributed by atoms with Crippen LogP contribution in [0.3, 0.4) is 0 Å². The van der Waals surface area contributed by atoms with Crippen LogP contribution in [-0.2, 0) is 11.2 Å². The minimum atomic E-state index is -0.685. The summed E-state index contributed by atoms with van der Waals surface area (Å²) in [5.74, 6) is -0.862. The van der Waals surface area contributed by atoms with Crippen LogP contribution in [0.25, 0.3) is 0 Å².